The number of nitriles is 1. The van der Waals surface area contributed by atoms with Crippen molar-refractivity contribution in [1.29, 1.82) is 5.26 Å². The Bertz CT molecular complexity index is 3260. The molecular weight excluding hydrogens is 655 g/mol. The Hall–Kier alpha value is -7.56. The fourth-order valence-electron chi connectivity index (χ4n) is 7.64. The van der Waals surface area contributed by atoms with E-state index in [1.165, 1.54) is 0 Å². The molecule has 7 aromatic carbocycles. The van der Waals surface area contributed by atoms with Gasteiger partial charge in [0.1, 0.15) is 22.3 Å². The Balaban J connectivity index is 1.06. The van der Waals surface area contributed by atoms with Crippen LogP contribution in [0.1, 0.15) is 5.56 Å². The Morgan fingerprint density at radius 2 is 1.04 bits per heavy atom. The summed E-state index contributed by atoms with van der Waals surface area (Å²) in [5, 5.41) is 15.8. The monoisotopic (exact) mass is 679 g/mol. The lowest BCUT2D eigenvalue weighted by Gasteiger charge is -2.10. The zero-order valence-corrected chi connectivity index (χ0v) is 28.0. The molecule has 0 fully saturated rings. The second kappa shape index (κ2) is 11.2. The molecule has 4 aromatic heterocycles. The number of hydrogen-bond donors (Lipinski definition) is 0. The van der Waals surface area contributed by atoms with E-state index in [1.807, 2.05) is 78.9 Å². The molecular formula is C46H25N5O2. The second-order valence-electron chi connectivity index (χ2n) is 13.1. The molecule has 0 spiro atoms. The first-order valence-corrected chi connectivity index (χ1v) is 17.3. The van der Waals surface area contributed by atoms with Crippen LogP contribution in [-0.4, -0.2) is 19.5 Å². The molecule has 0 saturated carbocycles. The summed E-state index contributed by atoms with van der Waals surface area (Å²) in [6.45, 7) is 0. The number of fused-ring (bicyclic) bond motifs is 9. The van der Waals surface area contributed by atoms with Gasteiger partial charge in [0, 0.05) is 43.4 Å². The first-order chi connectivity index (χ1) is 26.2. The minimum absolute atomic E-state index is 0.546. The summed E-state index contributed by atoms with van der Waals surface area (Å²) in [5.74, 6) is 1.69. The molecule has 53 heavy (non-hydrogen) atoms. The number of hydrogen-bond acceptors (Lipinski definition) is 6. The topological polar surface area (TPSA) is 93.7 Å². The van der Waals surface area contributed by atoms with Crippen molar-refractivity contribution in [2.75, 3.05) is 0 Å². The maximum Gasteiger partial charge on any atom is 0.238 e. The molecule has 0 radical (unpaired) electrons. The summed E-state index contributed by atoms with van der Waals surface area (Å²) in [4.78, 5) is 15.2. The average molecular weight is 680 g/mol. The van der Waals surface area contributed by atoms with Gasteiger partial charge in [0.05, 0.1) is 22.7 Å². The highest BCUT2D eigenvalue weighted by molar-refractivity contribution is 6.11. The van der Waals surface area contributed by atoms with Crippen molar-refractivity contribution in [1.82, 2.24) is 19.5 Å². The van der Waals surface area contributed by atoms with E-state index in [0.717, 1.165) is 82.4 Å². The van der Waals surface area contributed by atoms with Crippen LogP contribution in [0.15, 0.2) is 160 Å². The zero-order valence-electron chi connectivity index (χ0n) is 28.0. The number of rotatable bonds is 4. The predicted molar refractivity (Wildman–Crippen MR) is 210 cm³/mol. The smallest absolute Gasteiger partial charge is 0.238 e. The molecule has 11 rings (SSSR count). The van der Waals surface area contributed by atoms with Crippen molar-refractivity contribution < 1.29 is 8.83 Å². The molecule has 0 aliphatic heterocycles. The van der Waals surface area contributed by atoms with Crippen molar-refractivity contribution in [2.45, 2.75) is 0 Å². The molecule has 0 saturated heterocycles. The van der Waals surface area contributed by atoms with E-state index in [4.69, 9.17) is 23.8 Å². The molecule has 0 bridgehead atoms. The molecule has 0 amide bonds. The largest absolute Gasteiger partial charge is 0.456 e. The van der Waals surface area contributed by atoms with Crippen LogP contribution in [0.5, 0.6) is 0 Å². The normalized spacial score (nSPS) is 11.8. The molecule has 11 aromatic rings. The molecule has 0 unspecified atom stereocenters. The van der Waals surface area contributed by atoms with Gasteiger partial charge < -0.3 is 8.83 Å². The standard InChI is InChI=1S/C46H25N5O2/c47-26-31-11-8-16-40-43(31)36-23-28(19-22-39(36)52-40)29-17-20-34-35-21-18-30(25-42(35)53-41(34)24-29)45-48-44(27-9-2-1-3-10-27)49-46(50-45)51-37-14-6-4-12-32(37)33-13-5-7-15-38(33)51/h1-25H. The number of nitrogens with zero attached hydrogens (tertiary/aromatic N) is 5. The molecule has 0 aliphatic carbocycles. The lowest BCUT2D eigenvalue weighted by molar-refractivity contribution is 0.669. The van der Waals surface area contributed by atoms with Crippen molar-refractivity contribution >= 4 is 65.7 Å². The fraction of sp³-hybridized carbons (Fsp3) is 0. The number of benzene rings is 7. The summed E-state index contributed by atoms with van der Waals surface area (Å²) in [6, 6.07) is 53.1. The summed E-state index contributed by atoms with van der Waals surface area (Å²) in [6.07, 6.45) is 0. The Labute approximate surface area is 301 Å². The van der Waals surface area contributed by atoms with Crippen molar-refractivity contribution in [3.63, 3.8) is 0 Å². The summed E-state index contributed by atoms with van der Waals surface area (Å²) >= 11 is 0. The van der Waals surface area contributed by atoms with Gasteiger partial charge in [-0.2, -0.15) is 15.2 Å². The van der Waals surface area contributed by atoms with Gasteiger partial charge in [-0.15, -0.1) is 0 Å². The van der Waals surface area contributed by atoms with E-state index in [0.29, 0.717) is 28.7 Å². The van der Waals surface area contributed by atoms with Crippen LogP contribution in [0.25, 0.3) is 106 Å². The molecule has 4 heterocycles. The summed E-state index contributed by atoms with van der Waals surface area (Å²) in [5.41, 5.74) is 9.35. The van der Waals surface area contributed by atoms with E-state index in [-0.39, 0.29) is 0 Å². The molecule has 7 heteroatoms. The van der Waals surface area contributed by atoms with E-state index in [1.54, 1.807) is 0 Å². The zero-order chi connectivity index (χ0) is 35.0. The first kappa shape index (κ1) is 29.2. The highest BCUT2D eigenvalue weighted by atomic mass is 16.3. The molecule has 246 valence electrons. The quantitative estimate of drug-likeness (QED) is 0.184. The van der Waals surface area contributed by atoms with Gasteiger partial charge in [-0.05, 0) is 71.8 Å². The van der Waals surface area contributed by atoms with Crippen molar-refractivity contribution in [2.24, 2.45) is 0 Å². The third kappa shape index (κ3) is 4.50. The Kier molecular flexibility index (Phi) is 6.18. The summed E-state index contributed by atoms with van der Waals surface area (Å²) in [7, 11) is 0. The number of furan rings is 2. The summed E-state index contributed by atoms with van der Waals surface area (Å²) < 4.78 is 14.7. The molecule has 0 N–H and O–H groups in total. The minimum Gasteiger partial charge on any atom is -0.456 e. The number of aromatic nitrogens is 4. The lowest BCUT2D eigenvalue weighted by Crippen LogP contribution is -2.06. The van der Waals surface area contributed by atoms with Crippen LogP contribution in [0, 0.1) is 11.3 Å². The van der Waals surface area contributed by atoms with Crippen molar-refractivity contribution in [3.8, 4) is 45.9 Å². The van der Waals surface area contributed by atoms with Crippen LogP contribution in [0.4, 0.5) is 0 Å². The highest BCUT2D eigenvalue weighted by Crippen LogP contribution is 2.38. The molecule has 0 atom stereocenters. The minimum atomic E-state index is 0.546. The third-order valence-corrected chi connectivity index (χ3v) is 10.1. The first-order valence-electron chi connectivity index (χ1n) is 17.3. The van der Waals surface area contributed by atoms with Gasteiger partial charge in [0.25, 0.3) is 0 Å². The van der Waals surface area contributed by atoms with Crippen molar-refractivity contribution in [3.05, 3.63) is 157 Å². The van der Waals surface area contributed by atoms with Crippen LogP contribution < -0.4 is 0 Å². The second-order valence-corrected chi connectivity index (χ2v) is 13.1. The van der Waals surface area contributed by atoms with E-state index >= 15 is 0 Å². The third-order valence-electron chi connectivity index (χ3n) is 10.1. The maximum absolute atomic E-state index is 9.76. The molecule has 0 aliphatic rings. The average Bonchev–Trinajstić information content (AvgIpc) is 3.89. The maximum atomic E-state index is 9.76. The van der Waals surface area contributed by atoms with E-state index in [9.17, 15) is 5.26 Å². The van der Waals surface area contributed by atoms with Gasteiger partial charge in [-0.1, -0.05) is 91.0 Å². The van der Waals surface area contributed by atoms with Crippen LogP contribution in [0.2, 0.25) is 0 Å². The Morgan fingerprint density at radius 1 is 0.434 bits per heavy atom. The highest BCUT2D eigenvalue weighted by Gasteiger charge is 2.19. The van der Waals surface area contributed by atoms with Crippen LogP contribution in [-0.2, 0) is 0 Å². The van der Waals surface area contributed by atoms with Gasteiger partial charge >= 0.3 is 0 Å². The van der Waals surface area contributed by atoms with Crippen LogP contribution >= 0.6 is 0 Å². The van der Waals surface area contributed by atoms with E-state index in [2.05, 4.69) is 83.4 Å². The van der Waals surface area contributed by atoms with E-state index < -0.39 is 0 Å². The van der Waals surface area contributed by atoms with Crippen LogP contribution in [0.3, 0.4) is 0 Å². The lowest BCUT2D eigenvalue weighted by atomic mass is 10.00. The molecule has 7 nitrogen and oxygen atoms in total. The SMILES string of the molecule is N#Cc1cccc2oc3ccc(-c4ccc5c(c4)oc4cc(-c6nc(-c7ccccc7)nc(-n7c8ccccc8c8ccccc87)n6)ccc45)cc3c12. The van der Waals surface area contributed by atoms with Gasteiger partial charge in [-0.3, -0.25) is 4.57 Å². The van der Waals surface area contributed by atoms with Gasteiger partial charge in [0.15, 0.2) is 11.6 Å². The number of para-hydroxylation sites is 2. The Morgan fingerprint density at radius 3 is 1.77 bits per heavy atom. The van der Waals surface area contributed by atoms with Gasteiger partial charge in [-0.25, -0.2) is 4.98 Å². The fourth-order valence-corrected chi connectivity index (χ4v) is 7.64. The predicted octanol–water partition coefficient (Wildman–Crippen LogP) is 11.6. The van der Waals surface area contributed by atoms with Gasteiger partial charge in [0.2, 0.25) is 5.95 Å².